The molecule has 0 aliphatic heterocycles. The van der Waals surface area contributed by atoms with Gasteiger partial charge in [-0.15, -0.1) is 0 Å². The molecule has 0 aliphatic rings. The van der Waals surface area contributed by atoms with Gasteiger partial charge in [-0.1, -0.05) is 36.4 Å². The maximum atomic E-state index is 5.87. The van der Waals surface area contributed by atoms with Gasteiger partial charge in [-0.05, 0) is 11.5 Å². The van der Waals surface area contributed by atoms with Crippen LogP contribution in [0.15, 0.2) is 57.4 Å². The van der Waals surface area contributed by atoms with Gasteiger partial charge in [0.05, 0.1) is 0 Å². The van der Waals surface area contributed by atoms with Crippen molar-refractivity contribution in [3.05, 3.63) is 42.5 Å². The second kappa shape index (κ2) is 6.65. The van der Waals surface area contributed by atoms with Gasteiger partial charge in [0.25, 0.3) is 0 Å². The Balaban J connectivity index is 2.43. The number of aliphatic imine (C=N–C) groups is 3. The van der Waals surface area contributed by atoms with Crippen LogP contribution < -0.4 is 11.1 Å². The van der Waals surface area contributed by atoms with E-state index in [1.807, 2.05) is 24.3 Å². The van der Waals surface area contributed by atoms with E-state index in [1.54, 1.807) is 21.1 Å². The first-order valence-electron chi connectivity index (χ1n) is 6.62. The first kappa shape index (κ1) is 14.7. The van der Waals surface area contributed by atoms with E-state index in [9.17, 15) is 0 Å². The van der Waals surface area contributed by atoms with Crippen LogP contribution in [-0.4, -0.2) is 38.5 Å². The van der Waals surface area contributed by atoms with Gasteiger partial charge in [0.2, 0.25) is 0 Å². The highest BCUT2D eigenvalue weighted by atomic mass is 15.0. The Morgan fingerprint density at radius 1 is 0.905 bits per heavy atom. The molecule has 0 aliphatic carbocycles. The summed E-state index contributed by atoms with van der Waals surface area (Å²) in [6.45, 7) is 0. The number of rotatable bonds is 3. The van der Waals surface area contributed by atoms with E-state index < -0.39 is 0 Å². The summed E-state index contributed by atoms with van der Waals surface area (Å²) in [5.74, 6) is 0.947. The molecule has 0 bridgehead atoms. The van der Waals surface area contributed by atoms with Crippen molar-refractivity contribution in [1.82, 2.24) is 0 Å². The molecule has 0 spiro atoms. The predicted octanol–water partition coefficient (Wildman–Crippen LogP) is 2.34. The van der Waals surface area contributed by atoms with Gasteiger partial charge >= 0.3 is 0 Å². The van der Waals surface area contributed by atoms with Crippen LogP contribution >= 0.6 is 0 Å². The Bertz CT molecular complexity index is 723. The monoisotopic (exact) mass is 281 g/mol. The van der Waals surface area contributed by atoms with Gasteiger partial charge in [0.15, 0.2) is 5.84 Å². The van der Waals surface area contributed by atoms with E-state index >= 15 is 0 Å². The molecule has 3 N–H and O–H groups in total. The van der Waals surface area contributed by atoms with Gasteiger partial charge in [-0.3, -0.25) is 15.0 Å². The van der Waals surface area contributed by atoms with Crippen LogP contribution in [0.1, 0.15) is 0 Å². The number of anilines is 1. The van der Waals surface area contributed by atoms with Gasteiger partial charge in [-0.25, -0.2) is 0 Å². The molecule has 0 unspecified atom stereocenters. The lowest BCUT2D eigenvalue weighted by atomic mass is 10.1. The third kappa shape index (κ3) is 3.08. The minimum atomic E-state index is 0.353. The second-order valence-corrected chi connectivity index (χ2v) is 4.40. The molecule has 0 aromatic heterocycles. The van der Waals surface area contributed by atoms with Crippen molar-refractivity contribution < 1.29 is 0 Å². The second-order valence-electron chi connectivity index (χ2n) is 4.40. The average molecular weight is 281 g/mol. The standard InChI is InChI=1S/C16H19N5/c1-18-14(15(17)19-2)16(20-3)21-13-10-6-8-11-7-4-5-9-12(11)13/h4-10H,1-3H3,(H2,17,19)(H,20,21)/b18-14+. The SMILES string of the molecule is CN=C(Nc1cccc2ccccc12)C(=N/C)/C(N)=N\C. The highest BCUT2D eigenvalue weighted by Crippen LogP contribution is 2.23. The van der Waals surface area contributed by atoms with Crippen LogP contribution in [-0.2, 0) is 0 Å². The lowest BCUT2D eigenvalue weighted by Crippen LogP contribution is -2.35. The van der Waals surface area contributed by atoms with Gasteiger partial charge < -0.3 is 11.1 Å². The molecule has 0 saturated heterocycles. The van der Waals surface area contributed by atoms with Gasteiger partial charge in [-0.2, -0.15) is 0 Å². The third-order valence-electron chi connectivity index (χ3n) is 3.20. The maximum absolute atomic E-state index is 5.87. The van der Waals surface area contributed by atoms with Crippen LogP contribution in [0.25, 0.3) is 10.8 Å². The third-order valence-corrected chi connectivity index (χ3v) is 3.20. The summed E-state index contributed by atoms with van der Waals surface area (Å²) < 4.78 is 0. The first-order chi connectivity index (χ1) is 10.2. The van der Waals surface area contributed by atoms with Gasteiger partial charge in [0, 0.05) is 32.2 Å². The number of fused-ring (bicyclic) bond motifs is 1. The van der Waals surface area contributed by atoms with E-state index in [4.69, 9.17) is 5.73 Å². The summed E-state index contributed by atoms with van der Waals surface area (Å²) in [5, 5.41) is 5.57. The van der Waals surface area contributed by atoms with Crippen LogP contribution in [0.5, 0.6) is 0 Å². The fraction of sp³-hybridized carbons (Fsp3) is 0.188. The summed E-state index contributed by atoms with van der Waals surface area (Å²) in [6, 6.07) is 14.2. The number of nitrogens with two attached hydrogens (primary N) is 1. The molecule has 2 aromatic carbocycles. The summed E-state index contributed by atoms with van der Waals surface area (Å²) >= 11 is 0. The zero-order valence-corrected chi connectivity index (χ0v) is 12.5. The molecule has 0 heterocycles. The number of amidine groups is 2. The van der Waals surface area contributed by atoms with Crippen LogP contribution in [0.3, 0.4) is 0 Å². The molecule has 0 amide bonds. The Morgan fingerprint density at radius 3 is 2.29 bits per heavy atom. The van der Waals surface area contributed by atoms with Crippen molar-refractivity contribution in [3.63, 3.8) is 0 Å². The maximum Gasteiger partial charge on any atom is 0.154 e. The normalized spacial score (nSPS) is 13.6. The van der Waals surface area contributed by atoms with Crippen molar-refractivity contribution >= 4 is 33.8 Å². The lowest BCUT2D eigenvalue weighted by Gasteiger charge is -2.13. The van der Waals surface area contributed by atoms with E-state index in [-0.39, 0.29) is 0 Å². The highest BCUT2D eigenvalue weighted by molar-refractivity contribution is 6.69. The predicted molar refractivity (Wildman–Crippen MR) is 91.8 cm³/mol. The van der Waals surface area contributed by atoms with Gasteiger partial charge in [0.1, 0.15) is 11.5 Å². The van der Waals surface area contributed by atoms with E-state index in [2.05, 4.69) is 38.5 Å². The van der Waals surface area contributed by atoms with E-state index in [1.165, 1.54) is 0 Å². The Morgan fingerprint density at radius 2 is 1.62 bits per heavy atom. The number of nitrogens with one attached hydrogen (secondary N) is 1. The van der Waals surface area contributed by atoms with Crippen molar-refractivity contribution in [3.8, 4) is 0 Å². The average Bonchev–Trinajstić information content (AvgIpc) is 2.54. The minimum Gasteiger partial charge on any atom is -0.382 e. The number of hydrogen-bond donors (Lipinski definition) is 2. The fourth-order valence-electron chi connectivity index (χ4n) is 2.13. The largest absolute Gasteiger partial charge is 0.382 e. The molecule has 0 radical (unpaired) electrons. The van der Waals surface area contributed by atoms with Crippen LogP contribution in [0, 0.1) is 0 Å². The highest BCUT2D eigenvalue weighted by Gasteiger charge is 2.13. The van der Waals surface area contributed by atoms with Crippen molar-refractivity contribution in [1.29, 1.82) is 0 Å². The minimum absolute atomic E-state index is 0.353. The van der Waals surface area contributed by atoms with Crippen molar-refractivity contribution in [2.45, 2.75) is 0 Å². The summed E-state index contributed by atoms with van der Waals surface area (Å²) in [4.78, 5) is 12.4. The molecular weight excluding hydrogens is 262 g/mol. The molecule has 108 valence electrons. The quantitative estimate of drug-likeness (QED) is 0.669. The Kier molecular flexibility index (Phi) is 4.66. The number of benzene rings is 2. The number of hydrogen-bond acceptors (Lipinski definition) is 3. The summed E-state index contributed by atoms with van der Waals surface area (Å²) in [6.07, 6.45) is 0. The fourth-order valence-corrected chi connectivity index (χ4v) is 2.13. The lowest BCUT2D eigenvalue weighted by molar-refractivity contribution is 1.38. The van der Waals surface area contributed by atoms with Crippen molar-refractivity contribution in [2.24, 2.45) is 20.7 Å². The molecule has 0 fully saturated rings. The van der Waals surface area contributed by atoms with E-state index in [0.717, 1.165) is 16.5 Å². The summed E-state index contributed by atoms with van der Waals surface area (Å²) in [5.41, 5.74) is 7.38. The zero-order chi connectivity index (χ0) is 15.2. The van der Waals surface area contributed by atoms with Crippen LogP contribution in [0.2, 0.25) is 0 Å². The molecule has 5 heteroatoms. The molecule has 2 aromatic rings. The van der Waals surface area contributed by atoms with Crippen molar-refractivity contribution in [2.75, 3.05) is 26.5 Å². The van der Waals surface area contributed by atoms with Crippen LogP contribution in [0.4, 0.5) is 5.69 Å². The Labute approximate surface area is 124 Å². The molecule has 2 rings (SSSR count). The Hall–Kier alpha value is -2.69. The first-order valence-corrected chi connectivity index (χ1v) is 6.62. The molecule has 0 atom stereocenters. The zero-order valence-electron chi connectivity index (χ0n) is 12.5. The van der Waals surface area contributed by atoms with E-state index in [0.29, 0.717) is 17.4 Å². The summed E-state index contributed by atoms with van der Waals surface area (Å²) in [7, 11) is 5.00. The smallest absolute Gasteiger partial charge is 0.154 e. The molecule has 21 heavy (non-hydrogen) atoms. The molecular formula is C16H19N5. The molecule has 5 nitrogen and oxygen atoms in total. The number of nitrogens with zero attached hydrogens (tertiary/aromatic N) is 3. The molecule has 0 saturated carbocycles. The topological polar surface area (TPSA) is 75.1 Å².